The van der Waals surface area contributed by atoms with Gasteiger partial charge < -0.3 is 0 Å². The van der Waals surface area contributed by atoms with Crippen LogP contribution in [0, 0.1) is 0 Å². The van der Waals surface area contributed by atoms with Crippen molar-refractivity contribution in [2.24, 2.45) is 9.98 Å². The molecule has 6 heteroatoms. The second kappa shape index (κ2) is 13.1. The number of halogens is 2. The molecule has 0 aliphatic carbocycles. The summed E-state index contributed by atoms with van der Waals surface area (Å²) in [6.45, 7) is 8.79. The zero-order chi connectivity index (χ0) is 21.9. The van der Waals surface area contributed by atoms with Crippen LogP contribution in [0.3, 0.4) is 0 Å². The molecule has 0 amide bonds. The van der Waals surface area contributed by atoms with Crippen molar-refractivity contribution >= 4 is 55.3 Å². The number of aliphatic imine (C=N–C) groups is 2. The Kier molecular flexibility index (Phi) is 10.8. The van der Waals surface area contributed by atoms with Gasteiger partial charge in [-0.05, 0) is 47.2 Å². The van der Waals surface area contributed by atoms with E-state index in [2.05, 4.69) is 76.2 Å². The quantitative estimate of drug-likeness (QED) is 0.238. The number of benzene rings is 2. The number of thiophene rings is 1. The van der Waals surface area contributed by atoms with Crippen molar-refractivity contribution in [1.29, 1.82) is 0 Å². The van der Waals surface area contributed by atoms with Crippen LogP contribution in [-0.2, 0) is 13.1 Å². The molecule has 2 aromatic carbocycles. The van der Waals surface area contributed by atoms with Gasteiger partial charge in [0.2, 0.25) is 0 Å². The zero-order valence-corrected chi connectivity index (χ0v) is 20.9. The first-order valence-corrected chi connectivity index (χ1v) is 13.5. The van der Waals surface area contributed by atoms with Crippen LogP contribution >= 0.6 is 31.5 Å². The van der Waals surface area contributed by atoms with E-state index in [1.807, 2.05) is 24.6 Å². The van der Waals surface area contributed by atoms with Gasteiger partial charge in [0.15, 0.2) is 0 Å². The van der Waals surface area contributed by atoms with Gasteiger partial charge in [-0.25, -0.2) is 0 Å². The summed E-state index contributed by atoms with van der Waals surface area (Å²) in [5, 5.41) is 0. The van der Waals surface area contributed by atoms with Gasteiger partial charge in [0.05, 0.1) is 11.4 Å². The van der Waals surface area contributed by atoms with E-state index in [0.717, 1.165) is 21.1 Å². The molecule has 0 atom stereocenters. The molecule has 2 nitrogen and oxygen atoms in total. The van der Waals surface area contributed by atoms with Crippen molar-refractivity contribution in [2.75, 3.05) is 0 Å². The van der Waals surface area contributed by atoms with E-state index in [9.17, 15) is 0 Å². The van der Waals surface area contributed by atoms with Crippen LogP contribution in [0.5, 0.6) is 0 Å². The van der Waals surface area contributed by atoms with E-state index in [4.69, 9.17) is 30.2 Å². The molecule has 0 radical (unpaired) electrons. The van der Waals surface area contributed by atoms with Crippen molar-refractivity contribution in [3.63, 3.8) is 0 Å². The van der Waals surface area contributed by atoms with E-state index in [0.29, 0.717) is 11.8 Å². The van der Waals surface area contributed by atoms with Gasteiger partial charge in [-0.15, -0.1) is 11.3 Å². The molecule has 1 heterocycles. The summed E-state index contributed by atoms with van der Waals surface area (Å²) in [7, 11) is 9.53. The van der Waals surface area contributed by atoms with Gasteiger partial charge in [-0.3, -0.25) is 9.98 Å². The molecular weight excluding hydrogens is 475 g/mol. The van der Waals surface area contributed by atoms with Gasteiger partial charge >= 0.3 is 33.3 Å². The van der Waals surface area contributed by atoms with Gasteiger partial charge in [0.25, 0.3) is 0 Å². The summed E-state index contributed by atoms with van der Waals surface area (Å²) in [4.78, 5) is 11.7. The minimum absolute atomic E-state index is 0.194. The normalized spacial score (nSPS) is 11.6. The van der Waals surface area contributed by atoms with E-state index in [1.54, 1.807) is 11.3 Å². The van der Waals surface area contributed by atoms with E-state index in [1.165, 1.54) is 11.1 Å². The Morgan fingerprint density at radius 3 is 1.43 bits per heavy atom. The van der Waals surface area contributed by atoms with Crippen molar-refractivity contribution in [2.45, 2.75) is 39.5 Å². The topological polar surface area (TPSA) is 24.7 Å². The average molecular weight is 501 g/mol. The van der Waals surface area contributed by atoms with Gasteiger partial charge in [-0.2, -0.15) is 0 Å². The monoisotopic (exact) mass is 500 g/mol. The van der Waals surface area contributed by atoms with E-state index in [-0.39, 0.29) is 13.1 Å². The molecule has 0 aliphatic rings. The SMILES string of the molecule is CC(C)c1ccccc1N=Cc1ccc(C=Nc2ccccc2C(C)C)s1.[Cl][Fe][Cl]. The Hall–Kier alpha value is -1.42. The van der Waals surface area contributed by atoms with Crippen LogP contribution in [0.25, 0.3) is 0 Å². The minimum atomic E-state index is 0.194. The molecule has 3 rings (SSSR count). The first-order valence-electron chi connectivity index (χ1n) is 9.67. The Morgan fingerprint density at radius 2 is 1.07 bits per heavy atom. The fraction of sp³-hybridized carbons (Fsp3) is 0.250. The van der Waals surface area contributed by atoms with Crippen molar-refractivity contribution in [3.05, 3.63) is 81.5 Å². The fourth-order valence-corrected chi connectivity index (χ4v) is 3.72. The molecule has 0 aliphatic heterocycles. The Labute approximate surface area is 198 Å². The molecule has 0 spiro atoms. The third-order valence-electron chi connectivity index (χ3n) is 4.43. The predicted octanol–water partition coefficient (Wildman–Crippen LogP) is 8.87. The summed E-state index contributed by atoms with van der Waals surface area (Å²) in [6, 6.07) is 20.9. The van der Waals surface area contributed by atoms with Crippen molar-refractivity contribution in [1.82, 2.24) is 0 Å². The van der Waals surface area contributed by atoms with Crippen LogP contribution < -0.4 is 0 Å². The molecule has 160 valence electrons. The van der Waals surface area contributed by atoms with Crippen LogP contribution in [0.4, 0.5) is 11.4 Å². The Morgan fingerprint density at radius 1 is 0.700 bits per heavy atom. The van der Waals surface area contributed by atoms with Gasteiger partial charge in [0, 0.05) is 22.2 Å². The molecule has 3 aromatic rings. The average Bonchev–Trinajstić information content (AvgIpc) is 3.19. The predicted molar refractivity (Wildman–Crippen MR) is 132 cm³/mol. The summed E-state index contributed by atoms with van der Waals surface area (Å²) in [5.41, 5.74) is 4.64. The number of para-hydroxylation sites is 2. The molecule has 1 aromatic heterocycles. The summed E-state index contributed by atoms with van der Waals surface area (Å²) < 4.78 is 0. The molecular formula is C24H26Cl2FeN2S. The molecule has 0 N–H and O–H groups in total. The van der Waals surface area contributed by atoms with Crippen molar-refractivity contribution < 1.29 is 13.1 Å². The molecule has 30 heavy (non-hydrogen) atoms. The fourth-order valence-electron chi connectivity index (χ4n) is 2.96. The van der Waals surface area contributed by atoms with E-state index < -0.39 is 0 Å². The maximum atomic E-state index is 4.76. The third-order valence-corrected chi connectivity index (χ3v) is 5.38. The summed E-state index contributed by atoms with van der Waals surface area (Å²) in [6.07, 6.45) is 3.90. The molecule has 0 bridgehead atoms. The third kappa shape index (κ3) is 7.68. The van der Waals surface area contributed by atoms with Crippen LogP contribution in [0.2, 0.25) is 0 Å². The van der Waals surface area contributed by atoms with Crippen molar-refractivity contribution in [3.8, 4) is 0 Å². The Balaban J connectivity index is 0.00000101. The second-order valence-corrected chi connectivity index (χ2v) is 10.2. The molecule has 0 fully saturated rings. The number of hydrogen-bond acceptors (Lipinski definition) is 3. The number of nitrogens with zero attached hydrogens (tertiary/aromatic N) is 2. The zero-order valence-electron chi connectivity index (χ0n) is 17.5. The molecule has 0 saturated heterocycles. The van der Waals surface area contributed by atoms with Crippen LogP contribution in [-0.4, -0.2) is 12.4 Å². The summed E-state index contributed by atoms with van der Waals surface area (Å²) in [5.74, 6) is 0.927. The molecule has 0 saturated carbocycles. The number of hydrogen-bond donors (Lipinski definition) is 0. The van der Waals surface area contributed by atoms with Gasteiger partial charge in [-0.1, -0.05) is 64.1 Å². The summed E-state index contributed by atoms with van der Waals surface area (Å²) >= 11 is 1.90. The van der Waals surface area contributed by atoms with Crippen LogP contribution in [0.15, 0.2) is 70.6 Å². The number of rotatable bonds is 6. The molecule has 0 unspecified atom stereocenters. The first kappa shape index (κ1) is 24.8. The first-order chi connectivity index (χ1) is 14.5. The maximum absolute atomic E-state index is 4.76. The van der Waals surface area contributed by atoms with Gasteiger partial charge in [0.1, 0.15) is 0 Å². The second-order valence-electron chi connectivity index (χ2n) is 7.23. The van der Waals surface area contributed by atoms with E-state index >= 15 is 0 Å². The van der Waals surface area contributed by atoms with Crippen LogP contribution in [0.1, 0.15) is 60.4 Å². The standard InChI is InChI=1S/C24H26N2S.2ClH.Fe/c1-17(2)21-9-5-7-11-23(21)25-15-19-13-14-20(27-19)16-26-24-12-8-6-10-22(24)18(3)4;;;/h5-18H,1-4H3;2*1H;/q;;;+2/p-2. The Bertz CT molecular complexity index is 905.